The molecule has 2 aromatic rings. The van der Waals surface area contributed by atoms with Gasteiger partial charge < -0.3 is 19.7 Å². The van der Waals surface area contributed by atoms with Gasteiger partial charge in [0.15, 0.2) is 11.5 Å². The van der Waals surface area contributed by atoms with E-state index in [0.717, 1.165) is 24.0 Å². The maximum absolute atomic E-state index is 12.8. The minimum absolute atomic E-state index is 0.0411. The number of rotatable bonds is 5. The molecule has 2 aromatic carbocycles. The zero-order valence-electron chi connectivity index (χ0n) is 17.5. The maximum Gasteiger partial charge on any atom is 0.253 e. The molecule has 0 atom stereocenters. The quantitative estimate of drug-likeness (QED) is 0.842. The minimum Gasteiger partial charge on any atom is -0.493 e. The number of hydrogen-bond acceptors (Lipinski definition) is 4. The Labute approximate surface area is 171 Å². The molecule has 6 nitrogen and oxygen atoms in total. The van der Waals surface area contributed by atoms with Crippen molar-refractivity contribution in [1.82, 2.24) is 10.2 Å². The predicted molar refractivity (Wildman–Crippen MR) is 112 cm³/mol. The van der Waals surface area contributed by atoms with Gasteiger partial charge in [-0.1, -0.05) is 6.07 Å². The highest BCUT2D eigenvalue weighted by molar-refractivity contribution is 5.95. The van der Waals surface area contributed by atoms with Crippen molar-refractivity contribution in [3.63, 3.8) is 0 Å². The Kier molecular flexibility index (Phi) is 6.42. The number of likely N-dealkylation sites (tertiary alicyclic amines) is 1. The van der Waals surface area contributed by atoms with Gasteiger partial charge in [0, 0.05) is 30.3 Å². The molecule has 0 spiro atoms. The Morgan fingerprint density at radius 1 is 0.897 bits per heavy atom. The lowest BCUT2D eigenvalue weighted by molar-refractivity contribution is 0.0698. The van der Waals surface area contributed by atoms with Crippen LogP contribution in [0, 0.1) is 13.8 Å². The van der Waals surface area contributed by atoms with Crippen molar-refractivity contribution in [2.24, 2.45) is 0 Å². The van der Waals surface area contributed by atoms with Gasteiger partial charge in [-0.15, -0.1) is 0 Å². The summed E-state index contributed by atoms with van der Waals surface area (Å²) in [6.07, 6.45) is 1.46. The maximum atomic E-state index is 12.8. The van der Waals surface area contributed by atoms with Crippen LogP contribution in [0.2, 0.25) is 0 Å². The van der Waals surface area contributed by atoms with E-state index in [-0.39, 0.29) is 17.9 Å². The number of nitrogens with zero attached hydrogens (tertiary/aromatic N) is 1. The largest absolute Gasteiger partial charge is 0.493 e. The van der Waals surface area contributed by atoms with Crippen molar-refractivity contribution >= 4 is 11.8 Å². The number of carbonyl (C=O) groups is 2. The molecule has 1 heterocycles. The Morgan fingerprint density at radius 2 is 1.55 bits per heavy atom. The van der Waals surface area contributed by atoms with Crippen molar-refractivity contribution in [1.29, 1.82) is 0 Å². The van der Waals surface area contributed by atoms with Crippen LogP contribution in [0.1, 0.15) is 44.7 Å². The van der Waals surface area contributed by atoms with Crippen LogP contribution in [0.3, 0.4) is 0 Å². The number of piperidine rings is 1. The zero-order chi connectivity index (χ0) is 21.0. The van der Waals surface area contributed by atoms with Crippen molar-refractivity contribution in [2.45, 2.75) is 32.7 Å². The monoisotopic (exact) mass is 396 g/mol. The molecule has 6 heteroatoms. The number of carbonyl (C=O) groups excluding carboxylic acids is 2. The first-order chi connectivity index (χ1) is 13.9. The number of aryl methyl sites for hydroxylation is 2. The molecule has 0 radical (unpaired) electrons. The van der Waals surface area contributed by atoms with Gasteiger partial charge in [-0.3, -0.25) is 9.59 Å². The third-order valence-corrected chi connectivity index (χ3v) is 5.52. The molecule has 1 aliphatic rings. The van der Waals surface area contributed by atoms with Crippen molar-refractivity contribution in [2.75, 3.05) is 27.3 Å². The number of benzene rings is 2. The van der Waals surface area contributed by atoms with E-state index in [0.29, 0.717) is 30.2 Å². The fourth-order valence-corrected chi connectivity index (χ4v) is 3.53. The van der Waals surface area contributed by atoms with Crippen LogP contribution in [-0.2, 0) is 0 Å². The van der Waals surface area contributed by atoms with E-state index < -0.39 is 0 Å². The molecule has 0 saturated carbocycles. The van der Waals surface area contributed by atoms with Crippen LogP contribution in [0.25, 0.3) is 0 Å². The van der Waals surface area contributed by atoms with E-state index in [9.17, 15) is 9.59 Å². The first-order valence-corrected chi connectivity index (χ1v) is 9.82. The van der Waals surface area contributed by atoms with Crippen LogP contribution in [0.4, 0.5) is 0 Å². The molecule has 154 valence electrons. The van der Waals surface area contributed by atoms with Gasteiger partial charge in [-0.25, -0.2) is 0 Å². The summed E-state index contributed by atoms with van der Waals surface area (Å²) in [6, 6.07) is 11.0. The SMILES string of the molecule is COc1ccc(C(=O)NC2CCN(C(=O)c3ccc(C)c(C)c3)CC2)cc1OC. The summed E-state index contributed by atoms with van der Waals surface area (Å²) < 4.78 is 10.5. The first kappa shape index (κ1) is 20.7. The second kappa shape index (κ2) is 8.99. The molecule has 29 heavy (non-hydrogen) atoms. The number of ether oxygens (including phenoxy) is 2. The highest BCUT2D eigenvalue weighted by Crippen LogP contribution is 2.27. The summed E-state index contributed by atoms with van der Waals surface area (Å²) in [5, 5.41) is 3.07. The van der Waals surface area contributed by atoms with E-state index in [4.69, 9.17) is 9.47 Å². The third kappa shape index (κ3) is 4.70. The van der Waals surface area contributed by atoms with Crippen molar-refractivity contribution in [3.8, 4) is 11.5 Å². The molecule has 1 saturated heterocycles. The molecule has 1 fully saturated rings. The lowest BCUT2D eigenvalue weighted by atomic mass is 10.0. The fourth-order valence-electron chi connectivity index (χ4n) is 3.53. The van der Waals surface area contributed by atoms with Gasteiger partial charge >= 0.3 is 0 Å². The van der Waals surface area contributed by atoms with Gasteiger partial charge in [0.2, 0.25) is 0 Å². The Hall–Kier alpha value is -3.02. The van der Waals surface area contributed by atoms with Crippen LogP contribution >= 0.6 is 0 Å². The van der Waals surface area contributed by atoms with E-state index in [1.54, 1.807) is 32.4 Å². The summed E-state index contributed by atoms with van der Waals surface area (Å²) in [4.78, 5) is 27.2. The Balaban J connectivity index is 1.57. The van der Waals surface area contributed by atoms with E-state index in [1.807, 2.05) is 36.9 Å². The van der Waals surface area contributed by atoms with Gasteiger partial charge in [-0.2, -0.15) is 0 Å². The summed E-state index contributed by atoms with van der Waals surface area (Å²) in [7, 11) is 3.10. The van der Waals surface area contributed by atoms with Gasteiger partial charge in [0.25, 0.3) is 11.8 Å². The molecule has 0 unspecified atom stereocenters. The molecule has 3 rings (SSSR count). The second-order valence-corrected chi connectivity index (χ2v) is 7.41. The Morgan fingerprint density at radius 3 is 2.17 bits per heavy atom. The third-order valence-electron chi connectivity index (χ3n) is 5.52. The van der Waals surface area contributed by atoms with Crippen LogP contribution in [0.5, 0.6) is 11.5 Å². The van der Waals surface area contributed by atoms with Crippen molar-refractivity contribution in [3.05, 3.63) is 58.7 Å². The zero-order valence-corrected chi connectivity index (χ0v) is 17.5. The van der Waals surface area contributed by atoms with Crippen LogP contribution < -0.4 is 14.8 Å². The smallest absolute Gasteiger partial charge is 0.253 e. The number of hydrogen-bond donors (Lipinski definition) is 1. The average Bonchev–Trinajstić information content (AvgIpc) is 2.75. The van der Waals surface area contributed by atoms with Gasteiger partial charge in [-0.05, 0) is 68.1 Å². The summed E-state index contributed by atoms with van der Waals surface area (Å²) in [6.45, 7) is 5.31. The number of nitrogens with one attached hydrogen (secondary N) is 1. The molecular weight excluding hydrogens is 368 g/mol. The molecular formula is C23H28N2O4. The second-order valence-electron chi connectivity index (χ2n) is 7.41. The van der Waals surface area contributed by atoms with Gasteiger partial charge in [0.05, 0.1) is 14.2 Å². The molecule has 0 aromatic heterocycles. The lowest BCUT2D eigenvalue weighted by Crippen LogP contribution is -2.46. The van der Waals surface area contributed by atoms with Crippen molar-refractivity contribution < 1.29 is 19.1 Å². The summed E-state index contributed by atoms with van der Waals surface area (Å²) >= 11 is 0. The highest BCUT2D eigenvalue weighted by atomic mass is 16.5. The van der Waals surface area contributed by atoms with E-state index >= 15 is 0 Å². The number of amides is 2. The molecule has 2 amide bonds. The molecule has 0 bridgehead atoms. The highest BCUT2D eigenvalue weighted by Gasteiger charge is 2.25. The fraction of sp³-hybridized carbons (Fsp3) is 0.391. The molecule has 0 aliphatic carbocycles. The minimum atomic E-state index is -0.148. The summed E-state index contributed by atoms with van der Waals surface area (Å²) in [5.74, 6) is 1.01. The topological polar surface area (TPSA) is 67.9 Å². The average molecular weight is 396 g/mol. The molecule has 1 aliphatic heterocycles. The summed E-state index contributed by atoms with van der Waals surface area (Å²) in [5.41, 5.74) is 3.54. The van der Waals surface area contributed by atoms with Crippen LogP contribution in [0.15, 0.2) is 36.4 Å². The van der Waals surface area contributed by atoms with Crippen LogP contribution in [-0.4, -0.2) is 50.1 Å². The first-order valence-electron chi connectivity index (χ1n) is 9.82. The number of methoxy groups -OCH3 is 2. The van der Waals surface area contributed by atoms with E-state index in [2.05, 4.69) is 5.32 Å². The molecule has 1 N–H and O–H groups in total. The normalized spacial score (nSPS) is 14.4. The predicted octanol–water partition coefficient (Wildman–Crippen LogP) is 3.36. The van der Waals surface area contributed by atoms with Gasteiger partial charge in [0.1, 0.15) is 0 Å². The lowest BCUT2D eigenvalue weighted by Gasteiger charge is -2.32. The standard InChI is InChI=1S/C23H28N2O4/c1-15-5-6-18(13-16(15)2)23(27)25-11-9-19(10-12-25)24-22(26)17-7-8-20(28-3)21(14-17)29-4/h5-8,13-14,19H,9-12H2,1-4H3,(H,24,26). The Bertz CT molecular complexity index is 902. The van der Waals surface area contributed by atoms with E-state index in [1.165, 1.54) is 5.56 Å².